The molecule has 0 unspecified atom stereocenters. The standard InChI is InChI=1S/C20H19F3N2O3/c1-28-17-10-14(7-8-15(17)20(21,22)23)9-16-19(27)25(12-18(26)24-16)11-13-5-3-2-4-6-13/h2-8,10,16H,9,11-12H2,1H3,(H,24,26)/t16-/m1/s1. The van der Waals surface area contributed by atoms with Crippen LogP contribution in [0.3, 0.4) is 0 Å². The molecule has 0 bridgehead atoms. The molecule has 1 aliphatic rings. The fourth-order valence-corrected chi connectivity index (χ4v) is 3.18. The summed E-state index contributed by atoms with van der Waals surface area (Å²) in [6.07, 6.45) is -4.46. The lowest BCUT2D eigenvalue weighted by Gasteiger charge is -2.32. The van der Waals surface area contributed by atoms with Crippen molar-refractivity contribution in [2.75, 3.05) is 13.7 Å². The van der Waals surface area contributed by atoms with E-state index in [-0.39, 0.29) is 30.5 Å². The van der Waals surface area contributed by atoms with E-state index < -0.39 is 17.8 Å². The lowest BCUT2D eigenvalue weighted by molar-refractivity contribution is -0.144. The van der Waals surface area contributed by atoms with Crippen LogP contribution in [0.5, 0.6) is 5.75 Å². The van der Waals surface area contributed by atoms with E-state index in [1.807, 2.05) is 30.3 Å². The van der Waals surface area contributed by atoms with Crippen molar-refractivity contribution >= 4 is 11.8 Å². The van der Waals surface area contributed by atoms with Crippen molar-refractivity contribution in [2.24, 2.45) is 0 Å². The second-order valence-corrected chi connectivity index (χ2v) is 6.54. The molecule has 0 aromatic heterocycles. The van der Waals surface area contributed by atoms with Gasteiger partial charge in [0.15, 0.2) is 0 Å². The summed E-state index contributed by atoms with van der Waals surface area (Å²) < 4.78 is 43.8. The molecular formula is C20H19F3N2O3. The van der Waals surface area contributed by atoms with Crippen LogP contribution in [0.4, 0.5) is 13.2 Å². The molecule has 3 rings (SSSR count). The number of nitrogens with one attached hydrogen (secondary N) is 1. The van der Waals surface area contributed by atoms with E-state index in [0.29, 0.717) is 12.1 Å². The van der Waals surface area contributed by atoms with Gasteiger partial charge in [-0.3, -0.25) is 9.59 Å². The second-order valence-electron chi connectivity index (χ2n) is 6.54. The van der Waals surface area contributed by atoms with Gasteiger partial charge in [-0.25, -0.2) is 0 Å². The molecule has 5 nitrogen and oxygen atoms in total. The molecule has 0 aliphatic carbocycles. The summed E-state index contributed by atoms with van der Waals surface area (Å²) in [4.78, 5) is 26.2. The number of rotatable bonds is 5. The minimum Gasteiger partial charge on any atom is -0.496 e. The average Bonchev–Trinajstić information content (AvgIpc) is 2.65. The third kappa shape index (κ3) is 4.44. The summed E-state index contributed by atoms with van der Waals surface area (Å²) >= 11 is 0. The number of carbonyl (C=O) groups excluding carboxylic acids is 2. The predicted octanol–water partition coefficient (Wildman–Crippen LogP) is 2.78. The van der Waals surface area contributed by atoms with Crippen LogP contribution in [0, 0.1) is 0 Å². The highest BCUT2D eigenvalue weighted by Crippen LogP contribution is 2.36. The summed E-state index contributed by atoms with van der Waals surface area (Å²) in [5, 5.41) is 2.62. The van der Waals surface area contributed by atoms with Crippen LogP contribution >= 0.6 is 0 Å². The normalized spacial score (nSPS) is 17.4. The van der Waals surface area contributed by atoms with Gasteiger partial charge in [-0.05, 0) is 23.3 Å². The smallest absolute Gasteiger partial charge is 0.419 e. The lowest BCUT2D eigenvalue weighted by Crippen LogP contribution is -2.58. The molecule has 1 heterocycles. The fourth-order valence-electron chi connectivity index (χ4n) is 3.18. The first-order valence-electron chi connectivity index (χ1n) is 8.64. The van der Waals surface area contributed by atoms with Gasteiger partial charge in [-0.2, -0.15) is 13.2 Å². The molecule has 1 fully saturated rings. The molecule has 2 aromatic carbocycles. The Labute approximate surface area is 160 Å². The van der Waals surface area contributed by atoms with E-state index in [1.54, 1.807) is 0 Å². The number of amides is 2. The molecule has 0 spiro atoms. The SMILES string of the molecule is COc1cc(C[C@H]2NC(=O)CN(Cc3ccccc3)C2=O)ccc1C(F)(F)F. The Balaban J connectivity index is 1.77. The largest absolute Gasteiger partial charge is 0.496 e. The highest BCUT2D eigenvalue weighted by atomic mass is 19.4. The monoisotopic (exact) mass is 392 g/mol. The molecule has 1 saturated heterocycles. The summed E-state index contributed by atoms with van der Waals surface area (Å²) in [6.45, 7) is 0.237. The van der Waals surface area contributed by atoms with Gasteiger partial charge in [-0.1, -0.05) is 36.4 Å². The first-order valence-corrected chi connectivity index (χ1v) is 8.64. The Morgan fingerprint density at radius 2 is 1.82 bits per heavy atom. The van der Waals surface area contributed by atoms with Crippen LogP contribution in [0.1, 0.15) is 16.7 Å². The van der Waals surface area contributed by atoms with Crippen molar-refractivity contribution in [3.05, 3.63) is 65.2 Å². The number of hydrogen-bond donors (Lipinski definition) is 1. The Kier molecular flexibility index (Phi) is 5.58. The number of hydrogen-bond acceptors (Lipinski definition) is 3. The topological polar surface area (TPSA) is 58.6 Å². The maximum absolute atomic E-state index is 13.0. The van der Waals surface area contributed by atoms with Crippen LogP contribution in [-0.4, -0.2) is 36.4 Å². The van der Waals surface area contributed by atoms with E-state index in [9.17, 15) is 22.8 Å². The third-order valence-electron chi connectivity index (χ3n) is 4.51. The average molecular weight is 392 g/mol. The van der Waals surface area contributed by atoms with Crippen LogP contribution in [0.15, 0.2) is 48.5 Å². The molecule has 0 radical (unpaired) electrons. The number of methoxy groups -OCH3 is 1. The molecule has 1 atom stereocenters. The van der Waals surface area contributed by atoms with Crippen LogP contribution in [0.2, 0.25) is 0 Å². The second kappa shape index (κ2) is 7.92. The number of alkyl halides is 3. The molecule has 1 aliphatic heterocycles. The highest BCUT2D eigenvalue weighted by Gasteiger charge is 2.36. The van der Waals surface area contributed by atoms with Gasteiger partial charge in [0, 0.05) is 13.0 Å². The maximum Gasteiger partial charge on any atom is 0.419 e. The minimum atomic E-state index is -4.54. The van der Waals surface area contributed by atoms with Gasteiger partial charge >= 0.3 is 6.18 Å². The number of benzene rings is 2. The molecule has 2 amide bonds. The quantitative estimate of drug-likeness (QED) is 0.851. The van der Waals surface area contributed by atoms with E-state index in [2.05, 4.69) is 5.32 Å². The summed E-state index contributed by atoms with van der Waals surface area (Å²) in [6, 6.07) is 11.9. The van der Waals surface area contributed by atoms with Crippen molar-refractivity contribution in [1.29, 1.82) is 0 Å². The number of ether oxygens (including phenoxy) is 1. The molecule has 8 heteroatoms. The molecule has 1 N–H and O–H groups in total. The first kappa shape index (κ1) is 19.7. The lowest BCUT2D eigenvalue weighted by atomic mass is 10.0. The summed E-state index contributed by atoms with van der Waals surface area (Å²) in [7, 11) is 1.16. The van der Waals surface area contributed by atoms with E-state index in [0.717, 1.165) is 18.7 Å². The minimum absolute atomic E-state index is 0.0550. The Bertz CT molecular complexity index is 869. The first-order chi connectivity index (χ1) is 13.3. The summed E-state index contributed by atoms with van der Waals surface area (Å²) in [5.74, 6) is -0.901. The van der Waals surface area contributed by atoms with Gasteiger partial charge < -0.3 is 15.0 Å². The van der Waals surface area contributed by atoms with Crippen molar-refractivity contribution in [2.45, 2.75) is 25.2 Å². The zero-order chi connectivity index (χ0) is 20.3. The van der Waals surface area contributed by atoms with Gasteiger partial charge in [0.1, 0.15) is 11.8 Å². The zero-order valence-corrected chi connectivity index (χ0v) is 15.1. The van der Waals surface area contributed by atoms with Crippen molar-refractivity contribution < 1.29 is 27.5 Å². The maximum atomic E-state index is 13.0. The summed E-state index contributed by atoms with van der Waals surface area (Å²) in [5.41, 5.74) is 0.467. The molecule has 2 aromatic rings. The molecule has 28 heavy (non-hydrogen) atoms. The number of nitrogens with zero attached hydrogens (tertiary/aromatic N) is 1. The fraction of sp³-hybridized carbons (Fsp3) is 0.300. The predicted molar refractivity (Wildman–Crippen MR) is 95.5 cm³/mol. The number of piperazine rings is 1. The van der Waals surface area contributed by atoms with Crippen molar-refractivity contribution in [3.8, 4) is 5.75 Å². The number of carbonyl (C=O) groups is 2. The van der Waals surface area contributed by atoms with Gasteiger partial charge in [0.2, 0.25) is 11.8 Å². The molecule has 0 saturated carbocycles. The van der Waals surface area contributed by atoms with E-state index in [1.165, 1.54) is 17.0 Å². The van der Waals surface area contributed by atoms with Crippen molar-refractivity contribution in [1.82, 2.24) is 10.2 Å². The molecule has 148 valence electrons. The van der Waals surface area contributed by atoms with Crippen LogP contribution < -0.4 is 10.1 Å². The Morgan fingerprint density at radius 3 is 2.46 bits per heavy atom. The van der Waals surface area contributed by atoms with Gasteiger partial charge in [0.25, 0.3) is 0 Å². The van der Waals surface area contributed by atoms with Gasteiger partial charge in [-0.15, -0.1) is 0 Å². The number of halogens is 3. The Morgan fingerprint density at radius 1 is 1.11 bits per heavy atom. The zero-order valence-electron chi connectivity index (χ0n) is 15.1. The Hall–Kier alpha value is -3.03. The van der Waals surface area contributed by atoms with Crippen molar-refractivity contribution in [3.63, 3.8) is 0 Å². The van der Waals surface area contributed by atoms with Crippen LogP contribution in [0.25, 0.3) is 0 Å². The van der Waals surface area contributed by atoms with Gasteiger partial charge in [0.05, 0.1) is 19.2 Å². The van der Waals surface area contributed by atoms with Crippen LogP contribution in [-0.2, 0) is 28.7 Å². The van der Waals surface area contributed by atoms with E-state index in [4.69, 9.17) is 4.74 Å². The molecular weight excluding hydrogens is 373 g/mol. The van der Waals surface area contributed by atoms with E-state index >= 15 is 0 Å². The third-order valence-corrected chi connectivity index (χ3v) is 4.51. The highest BCUT2D eigenvalue weighted by molar-refractivity contribution is 5.95.